The van der Waals surface area contributed by atoms with Gasteiger partial charge in [0.1, 0.15) is 12.4 Å². The number of piperidine rings is 1. The van der Waals surface area contributed by atoms with E-state index in [4.69, 9.17) is 4.74 Å². The van der Waals surface area contributed by atoms with Crippen molar-refractivity contribution in [1.82, 2.24) is 4.90 Å². The van der Waals surface area contributed by atoms with Crippen LogP contribution in [-0.2, 0) is 23.7 Å². The maximum Gasteiger partial charge on any atom is 0.416 e. The van der Waals surface area contributed by atoms with Crippen LogP contribution in [0.15, 0.2) is 36.4 Å². The van der Waals surface area contributed by atoms with Crippen LogP contribution >= 0.6 is 0 Å². The molecule has 0 radical (unpaired) electrons. The molecule has 2 heterocycles. The largest absolute Gasteiger partial charge is 0.550 e. The molecule has 5 rings (SSSR count). The van der Waals surface area contributed by atoms with Crippen molar-refractivity contribution >= 4 is 11.7 Å². The highest BCUT2D eigenvalue weighted by Gasteiger charge is 2.39. The molecule has 11 heteroatoms. The van der Waals surface area contributed by atoms with E-state index < -0.39 is 35.4 Å². The SMILES string of the molecule is C[C@H](C(=O)[O-])[C@H](c1ccc2c(c1)NC(C1CCN(Cc3cc(C(F)(F)F)ccc3C(F)(F)F)CC1)CO2)C1CC1. The minimum Gasteiger partial charge on any atom is -0.550 e. The van der Waals surface area contributed by atoms with Crippen LogP contribution in [0.2, 0.25) is 0 Å². The molecule has 2 aromatic rings. The lowest BCUT2D eigenvalue weighted by atomic mass is 9.82. The molecule has 1 unspecified atom stereocenters. The maximum absolute atomic E-state index is 13.5. The van der Waals surface area contributed by atoms with Gasteiger partial charge in [-0.2, -0.15) is 26.3 Å². The van der Waals surface area contributed by atoms with Gasteiger partial charge in [-0.25, -0.2) is 0 Å². The zero-order valence-corrected chi connectivity index (χ0v) is 21.9. The number of carbonyl (C=O) groups excluding carboxylic acids is 1. The summed E-state index contributed by atoms with van der Waals surface area (Å²) in [6.45, 7) is 2.75. The minimum atomic E-state index is -4.75. The van der Waals surface area contributed by atoms with Crippen molar-refractivity contribution in [2.24, 2.45) is 17.8 Å². The molecule has 2 fully saturated rings. The number of anilines is 1. The Morgan fingerprint density at radius 3 is 2.33 bits per heavy atom. The second kappa shape index (κ2) is 10.8. The number of rotatable bonds is 7. The predicted octanol–water partition coefficient (Wildman–Crippen LogP) is 5.69. The van der Waals surface area contributed by atoms with E-state index in [9.17, 15) is 36.2 Å². The molecule has 3 aliphatic rings. The van der Waals surface area contributed by atoms with Gasteiger partial charge in [0.2, 0.25) is 0 Å². The number of halogens is 6. The van der Waals surface area contributed by atoms with Crippen molar-refractivity contribution in [3.05, 3.63) is 58.7 Å². The number of nitrogens with one attached hydrogen (secondary N) is 1. The minimum absolute atomic E-state index is 0.0536. The first-order chi connectivity index (χ1) is 18.8. The number of hydrogen-bond acceptors (Lipinski definition) is 5. The topological polar surface area (TPSA) is 64.6 Å². The second-order valence-electron chi connectivity index (χ2n) is 11.3. The van der Waals surface area contributed by atoms with Crippen LogP contribution < -0.4 is 15.2 Å². The molecule has 1 aliphatic carbocycles. The number of alkyl halides is 6. The summed E-state index contributed by atoms with van der Waals surface area (Å²) in [6.07, 6.45) is -6.23. The monoisotopic (exact) mass is 569 g/mol. The Bertz CT molecular complexity index is 1240. The number of carbonyl (C=O) groups is 1. The number of likely N-dealkylation sites (tertiary alicyclic amines) is 1. The van der Waals surface area contributed by atoms with E-state index in [1.165, 1.54) is 0 Å². The Hall–Kier alpha value is -2.95. The Labute approximate surface area is 228 Å². The first kappa shape index (κ1) is 28.6. The number of benzene rings is 2. The van der Waals surface area contributed by atoms with E-state index in [1.807, 2.05) is 18.2 Å². The molecule has 218 valence electrons. The van der Waals surface area contributed by atoms with Gasteiger partial charge in [-0.15, -0.1) is 0 Å². The van der Waals surface area contributed by atoms with Crippen molar-refractivity contribution in [2.75, 3.05) is 25.0 Å². The highest BCUT2D eigenvalue weighted by Crippen LogP contribution is 2.48. The molecule has 0 aromatic heterocycles. The average molecular weight is 570 g/mol. The molecule has 1 saturated carbocycles. The maximum atomic E-state index is 13.5. The van der Waals surface area contributed by atoms with E-state index in [0.29, 0.717) is 62.4 Å². The van der Waals surface area contributed by atoms with Crippen molar-refractivity contribution in [3.8, 4) is 5.75 Å². The average Bonchev–Trinajstić information content (AvgIpc) is 3.73. The highest BCUT2D eigenvalue weighted by atomic mass is 19.4. The Kier molecular flexibility index (Phi) is 7.71. The molecule has 0 amide bonds. The molecule has 5 nitrogen and oxygen atoms in total. The van der Waals surface area contributed by atoms with Gasteiger partial charge in [-0.3, -0.25) is 4.90 Å². The first-order valence-corrected chi connectivity index (χ1v) is 13.5. The van der Waals surface area contributed by atoms with Crippen LogP contribution in [0.4, 0.5) is 32.0 Å². The Morgan fingerprint density at radius 1 is 1.02 bits per heavy atom. The smallest absolute Gasteiger partial charge is 0.416 e. The fourth-order valence-electron chi connectivity index (χ4n) is 6.17. The van der Waals surface area contributed by atoms with E-state index >= 15 is 0 Å². The number of carboxylic acids is 1. The summed E-state index contributed by atoms with van der Waals surface area (Å²) in [7, 11) is 0. The van der Waals surface area contributed by atoms with Crippen molar-refractivity contribution < 1.29 is 41.0 Å². The van der Waals surface area contributed by atoms with Gasteiger partial charge < -0.3 is 20.0 Å². The van der Waals surface area contributed by atoms with Crippen molar-refractivity contribution in [1.29, 1.82) is 0 Å². The van der Waals surface area contributed by atoms with Gasteiger partial charge >= 0.3 is 12.4 Å². The number of carboxylic acid groups (broad SMARTS) is 1. The zero-order chi connectivity index (χ0) is 28.8. The van der Waals surface area contributed by atoms with Gasteiger partial charge in [0.15, 0.2) is 0 Å². The third-order valence-corrected chi connectivity index (χ3v) is 8.52. The Morgan fingerprint density at radius 2 is 1.73 bits per heavy atom. The fraction of sp³-hybridized carbons (Fsp3) is 0.552. The zero-order valence-electron chi connectivity index (χ0n) is 21.9. The molecular weight excluding hydrogens is 538 g/mol. The molecule has 40 heavy (non-hydrogen) atoms. The Balaban J connectivity index is 1.24. The van der Waals surface area contributed by atoms with Crippen LogP contribution in [0.3, 0.4) is 0 Å². The van der Waals surface area contributed by atoms with Crippen LogP contribution in [0.25, 0.3) is 0 Å². The van der Waals surface area contributed by atoms with Gasteiger partial charge in [-0.1, -0.05) is 13.0 Å². The van der Waals surface area contributed by atoms with Gasteiger partial charge in [0, 0.05) is 18.4 Å². The van der Waals surface area contributed by atoms with Crippen molar-refractivity contribution in [3.63, 3.8) is 0 Å². The van der Waals surface area contributed by atoms with Crippen LogP contribution in [0.1, 0.15) is 60.8 Å². The lowest BCUT2D eigenvalue weighted by Gasteiger charge is -2.39. The third kappa shape index (κ3) is 6.19. The molecule has 2 aromatic carbocycles. The van der Waals surface area contributed by atoms with E-state index in [1.54, 1.807) is 11.8 Å². The summed E-state index contributed by atoms with van der Waals surface area (Å²) in [4.78, 5) is 13.4. The lowest BCUT2D eigenvalue weighted by Crippen LogP contribution is -2.44. The number of fused-ring (bicyclic) bond motifs is 1. The normalized spacial score (nSPS) is 22.1. The molecule has 1 saturated heterocycles. The first-order valence-electron chi connectivity index (χ1n) is 13.5. The third-order valence-electron chi connectivity index (χ3n) is 8.52. The van der Waals surface area contributed by atoms with Crippen LogP contribution in [0, 0.1) is 17.8 Å². The summed E-state index contributed by atoms with van der Waals surface area (Å²) in [6, 6.07) is 7.25. The summed E-state index contributed by atoms with van der Waals surface area (Å²) >= 11 is 0. The lowest BCUT2D eigenvalue weighted by molar-refractivity contribution is -0.311. The molecule has 0 bridgehead atoms. The summed E-state index contributed by atoms with van der Waals surface area (Å²) in [5.74, 6) is -0.695. The quantitative estimate of drug-likeness (QED) is 0.435. The standard InChI is InChI=1S/C29H32F6N2O3/c1-16(27(38)39)26(18-2-3-18)19-4-7-25-23(13-19)36-24(15-40-25)17-8-10-37(11-9-17)14-20-12-21(28(30,31)32)5-6-22(20)29(33,34)35/h4-7,12-13,16-18,24,26,36H,2-3,8-11,14-15H2,1H3,(H,38,39)/p-1/t16-,24?,26-/m0/s1. The van der Waals surface area contributed by atoms with Gasteiger partial charge in [-0.05, 0) is 98.0 Å². The van der Waals surface area contributed by atoms with E-state index in [-0.39, 0.29) is 30.0 Å². The number of nitrogens with zero attached hydrogens (tertiary/aromatic N) is 1. The summed E-state index contributed by atoms with van der Waals surface area (Å²) < 4.78 is 86.1. The summed E-state index contributed by atoms with van der Waals surface area (Å²) in [5, 5.41) is 15.1. The molecule has 1 N–H and O–H groups in total. The fourth-order valence-corrected chi connectivity index (χ4v) is 6.17. The van der Waals surface area contributed by atoms with Crippen LogP contribution in [0.5, 0.6) is 5.75 Å². The number of aliphatic carboxylic acids is 1. The second-order valence-corrected chi connectivity index (χ2v) is 11.3. The van der Waals surface area contributed by atoms with Crippen LogP contribution in [-0.4, -0.2) is 36.6 Å². The van der Waals surface area contributed by atoms with Gasteiger partial charge in [0.05, 0.1) is 22.9 Å². The number of hydrogen-bond donors (Lipinski definition) is 1. The van der Waals surface area contributed by atoms with Gasteiger partial charge in [0.25, 0.3) is 0 Å². The molecular formula is C29H31F6N2O3-. The van der Waals surface area contributed by atoms with Crippen molar-refractivity contribution in [2.45, 2.75) is 63.5 Å². The predicted molar refractivity (Wildman–Crippen MR) is 133 cm³/mol. The summed E-state index contributed by atoms with van der Waals surface area (Å²) in [5.41, 5.74) is -0.811. The highest BCUT2D eigenvalue weighted by molar-refractivity contribution is 5.69. The molecule has 0 spiro atoms. The molecule has 2 aliphatic heterocycles. The number of ether oxygens (including phenoxy) is 1. The molecule has 3 atom stereocenters. The van der Waals surface area contributed by atoms with E-state index in [0.717, 1.165) is 24.1 Å². The van der Waals surface area contributed by atoms with E-state index in [2.05, 4.69) is 5.32 Å².